The van der Waals surface area contributed by atoms with Gasteiger partial charge < -0.3 is 0 Å². The van der Waals surface area contributed by atoms with Crippen LogP contribution in [0.5, 0.6) is 0 Å². The van der Waals surface area contributed by atoms with Crippen LogP contribution in [0.15, 0.2) is 52.7 Å². The summed E-state index contributed by atoms with van der Waals surface area (Å²) >= 11 is 13.5. The zero-order valence-corrected chi connectivity index (χ0v) is 21.2. The molecule has 0 bridgehead atoms. The summed E-state index contributed by atoms with van der Waals surface area (Å²) in [4.78, 5) is 17.3. The number of sulfonamides is 1. The molecule has 0 unspecified atom stereocenters. The number of carbonyl (C=O) groups excluding carboxylic acids is 1. The van der Waals surface area contributed by atoms with Crippen LogP contribution in [0, 0.1) is 11.8 Å². The van der Waals surface area contributed by atoms with Crippen molar-refractivity contribution in [1.29, 1.82) is 0 Å². The number of carbonyl (C=O) groups is 1. The zero-order chi connectivity index (χ0) is 23.8. The first-order valence-electron chi connectivity index (χ1n) is 10.5. The van der Waals surface area contributed by atoms with E-state index in [1.165, 1.54) is 35.6 Å². The molecule has 3 aromatic rings. The van der Waals surface area contributed by atoms with Gasteiger partial charge in [0.1, 0.15) is 0 Å². The van der Waals surface area contributed by atoms with Gasteiger partial charge in [-0.05, 0) is 60.7 Å². The Hall–Kier alpha value is -1.97. The lowest BCUT2D eigenvalue weighted by molar-refractivity contribution is 0.102. The predicted molar refractivity (Wildman–Crippen MR) is 134 cm³/mol. The second kappa shape index (κ2) is 9.72. The number of nitrogens with zero attached hydrogens (tertiary/aromatic N) is 2. The van der Waals surface area contributed by atoms with Crippen LogP contribution in [0.25, 0.3) is 11.3 Å². The zero-order valence-electron chi connectivity index (χ0n) is 18.1. The van der Waals surface area contributed by atoms with E-state index < -0.39 is 10.0 Å². The first kappa shape index (κ1) is 24.2. The van der Waals surface area contributed by atoms with Crippen LogP contribution in [-0.2, 0) is 10.0 Å². The summed E-state index contributed by atoms with van der Waals surface area (Å²) in [6, 6.07) is 11.1. The molecule has 10 heteroatoms. The smallest absolute Gasteiger partial charge is 0.257 e. The average molecular weight is 524 g/mol. The molecule has 1 saturated heterocycles. The summed E-state index contributed by atoms with van der Waals surface area (Å²) in [5.74, 6) is 0.259. The van der Waals surface area contributed by atoms with Crippen molar-refractivity contribution in [3.63, 3.8) is 0 Å². The van der Waals surface area contributed by atoms with E-state index in [0.717, 1.165) is 6.42 Å². The average Bonchev–Trinajstić information content (AvgIpc) is 3.23. The molecule has 0 saturated carbocycles. The van der Waals surface area contributed by atoms with Gasteiger partial charge in [-0.3, -0.25) is 10.1 Å². The Morgan fingerprint density at radius 3 is 2.42 bits per heavy atom. The Balaban J connectivity index is 1.47. The van der Waals surface area contributed by atoms with Crippen molar-refractivity contribution in [2.45, 2.75) is 25.2 Å². The van der Waals surface area contributed by atoms with Gasteiger partial charge in [-0.15, -0.1) is 11.3 Å². The predicted octanol–water partition coefficient (Wildman–Crippen LogP) is 6.04. The van der Waals surface area contributed by atoms with Crippen molar-refractivity contribution in [2.75, 3.05) is 18.4 Å². The van der Waals surface area contributed by atoms with Crippen LogP contribution >= 0.6 is 34.5 Å². The van der Waals surface area contributed by atoms with Gasteiger partial charge in [0, 0.05) is 34.6 Å². The van der Waals surface area contributed by atoms with E-state index in [4.69, 9.17) is 23.2 Å². The maximum Gasteiger partial charge on any atom is 0.257 e. The normalized spacial score (nSPS) is 19.4. The highest BCUT2D eigenvalue weighted by atomic mass is 35.5. The molecule has 6 nitrogen and oxygen atoms in total. The van der Waals surface area contributed by atoms with Gasteiger partial charge in [-0.25, -0.2) is 13.4 Å². The minimum atomic E-state index is -3.60. The quantitative estimate of drug-likeness (QED) is 0.442. The fourth-order valence-electron chi connectivity index (χ4n) is 4.05. The summed E-state index contributed by atoms with van der Waals surface area (Å²) < 4.78 is 27.6. The number of halogens is 2. The molecule has 1 N–H and O–H groups in total. The highest BCUT2D eigenvalue weighted by Crippen LogP contribution is 2.33. The monoisotopic (exact) mass is 523 g/mol. The molecule has 1 amide bonds. The number of benzene rings is 2. The minimum Gasteiger partial charge on any atom is -0.298 e. The highest BCUT2D eigenvalue weighted by Gasteiger charge is 2.31. The molecule has 0 radical (unpaired) electrons. The third-order valence-electron chi connectivity index (χ3n) is 5.52. The molecule has 33 heavy (non-hydrogen) atoms. The van der Waals surface area contributed by atoms with Crippen molar-refractivity contribution >= 4 is 55.6 Å². The van der Waals surface area contributed by atoms with E-state index in [9.17, 15) is 13.2 Å². The van der Waals surface area contributed by atoms with Crippen LogP contribution < -0.4 is 5.32 Å². The summed E-state index contributed by atoms with van der Waals surface area (Å²) in [5.41, 5.74) is 1.62. The van der Waals surface area contributed by atoms with Crippen molar-refractivity contribution in [3.05, 3.63) is 63.5 Å². The fraction of sp³-hybridized carbons (Fsp3) is 0.304. The molecule has 1 aliphatic rings. The summed E-state index contributed by atoms with van der Waals surface area (Å²) in [5, 5.41) is 5.98. The number of nitrogens with one attached hydrogen (secondary N) is 1. The van der Waals surface area contributed by atoms with Crippen LogP contribution in [0.4, 0.5) is 5.13 Å². The molecule has 2 aromatic carbocycles. The fourth-order valence-corrected chi connectivity index (χ4v) is 6.82. The van der Waals surface area contributed by atoms with Gasteiger partial charge >= 0.3 is 0 Å². The van der Waals surface area contributed by atoms with Crippen molar-refractivity contribution in [2.24, 2.45) is 11.8 Å². The van der Waals surface area contributed by atoms with E-state index in [-0.39, 0.29) is 10.8 Å². The Kier molecular flexibility index (Phi) is 7.12. The molecule has 2 heterocycles. The molecule has 4 rings (SSSR count). The lowest BCUT2D eigenvalue weighted by atomic mass is 9.94. The van der Waals surface area contributed by atoms with Crippen molar-refractivity contribution < 1.29 is 13.2 Å². The van der Waals surface area contributed by atoms with Gasteiger partial charge in [0.25, 0.3) is 5.91 Å². The molecule has 1 aromatic heterocycles. The van der Waals surface area contributed by atoms with E-state index in [1.807, 2.05) is 0 Å². The van der Waals surface area contributed by atoms with E-state index in [1.54, 1.807) is 27.9 Å². The van der Waals surface area contributed by atoms with Gasteiger partial charge in [0.2, 0.25) is 10.0 Å². The molecule has 1 fully saturated rings. The minimum absolute atomic E-state index is 0.187. The molecular weight excluding hydrogens is 501 g/mol. The summed E-state index contributed by atoms with van der Waals surface area (Å²) in [6.45, 7) is 5.15. The van der Waals surface area contributed by atoms with Gasteiger partial charge in [0.15, 0.2) is 5.13 Å². The molecular formula is C23H23Cl2N3O3S2. The summed E-state index contributed by atoms with van der Waals surface area (Å²) in [6.07, 6.45) is 1.02. The number of anilines is 1. The van der Waals surface area contributed by atoms with Gasteiger partial charge in [0.05, 0.1) is 15.6 Å². The lowest BCUT2D eigenvalue weighted by Gasteiger charge is -2.34. The standard InChI is InChI=1S/C23H23Cl2N3O3S2/c1-14-9-15(2)12-28(11-14)33(30,31)18-6-3-16(4-7-18)22(29)27-23-26-21(13-32-23)19-10-17(24)5-8-20(19)25/h3-8,10,13-15H,9,11-12H2,1-2H3,(H,26,27,29)/t14-,15-/m0/s1. The molecule has 0 aliphatic carbocycles. The van der Waals surface area contributed by atoms with Crippen LogP contribution in [0.1, 0.15) is 30.6 Å². The van der Waals surface area contributed by atoms with Gasteiger partial charge in [-0.2, -0.15) is 4.31 Å². The number of hydrogen-bond donors (Lipinski definition) is 1. The first-order valence-corrected chi connectivity index (χ1v) is 13.5. The van der Waals surface area contributed by atoms with E-state index >= 15 is 0 Å². The van der Waals surface area contributed by atoms with Crippen molar-refractivity contribution in [1.82, 2.24) is 9.29 Å². The lowest BCUT2D eigenvalue weighted by Crippen LogP contribution is -2.42. The van der Waals surface area contributed by atoms with Crippen LogP contribution in [0.3, 0.4) is 0 Å². The number of hydrogen-bond acceptors (Lipinski definition) is 5. The first-order chi connectivity index (χ1) is 15.6. The number of amides is 1. The third-order valence-corrected chi connectivity index (χ3v) is 8.69. The molecule has 2 atom stereocenters. The topological polar surface area (TPSA) is 79.4 Å². The summed E-state index contributed by atoms with van der Waals surface area (Å²) in [7, 11) is -3.60. The SMILES string of the molecule is C[C@H]1C[C@H](C)CN(S(=O)(=O)c2ccc(C(=O)Nc3nc(-c4cc(Cl)ccc4Cl)cs3)cc2)C1. The Labute approximate surface area is 207 Å². The van der Waals surface area contributed by atoms with Crippen LogP contribution in [0.2, 0.25) is 10.0 Å². The number of piperidine rings is 1. The Bertz CT molecular complexity index is 1270. The number of thiazole rings is 1. The molecule has 0 spiro atoms. The second-order valence-electron chi connectivity index (χ2n) is 8.41. The molecule has 1 aliphatic heterocycles. The Morgan fingerprint density at radius 1 is 1.09 bits per heavy atom. The van der Waals surface area contributed by atoms with Crippen LogP contribution in [-0.4, -0.2) is 36.7 Å². The van der Waals surface area contributed by atoms with E-state index in [0.29, 0.717) is 56.9 Å². The van der Waals surface area contributed by atoms with Crippen molar-refractivity contribution in [3.8, 4) is 11.3 Å². The highest BCUT2D eigenvalue weighted by molar-refractivity contribution is 7.89. The maximum absolute atomic E-state index is 13.0. The third kappa shape index (κ3) is 5.41. The maximum atomic E-state index is 13.0. The van der Waals surface area contributed by atoms with Gasteiger partial charge in [-0.1, -0.05) is 37.0 Å². The second-order valence-corrected chi connectivity index (χ2v) is 12.0. The number of aromatic nitrogens is 1. The Morgan fingerprint density at radius 2 is 1.76 bits per heavy atom. The molecule has 174 valence electrons. The number of rotatable bonds is 5. The largest absolute Gasteiger partial charge is 0.298 e. The van der Waals surface area contributed by atoms with E-state index in [2.05, 4.69) is 24.1 Å².